The van der Waals surface area contributed by atoms with Crippen molar-refractivity contribution < 1.29 is 19.5 Å². The van der Waals surface area contributed by atoms with Crippen LogP contribution in [0.25, 0.3) is 10.9 Å². The summed E-state index contributed by atoms with van der Waals surface area (Å²) in [4.78, 5) is 47.5. The van der Waals surface area contributed by atoms with E-state index >= 15 is 0 Å². The maximum Gasteiger partial charge on any atom is 0.326 e. The molecule has 0 aliphatic heterocycles. The van der Waals surface area contributed by atoms with Gasteiger partial charge in [-0.1, -0.05) is 38.5 Å². The second kappa shape index (κ2) is 10.8. The van der Waals surface area contributed by atoms with Gasteiger partial charge in [0.25, 0.3) is 0 Å². The van der Waals surface area contributed by atoms with E-state index in [1.54, 1.807) is 12.4 Å². The number of fused-ring (bicyclic) bond motifs is 1. The van der Waals surface area contributed by atoms with Gasteiger partial charge in [0.15, 0.2) is 0 Å². The number of carboxylic acids is 1. The number of imidazole rings is 1. The Balaban J connectivity index is 1.70. The molecule has 2 amide bonds. The zero-order valence-corrected chi connectivity index (χ0v) is 18.7. The van der Waals surface area contributed by atoms with E-state index < -0.39 is 35.9 Å². The summed E-state index contributed by atoms with van der Waals surface area (Å²) in [6.45, 7) is 3.71. The fourth-order valence-electron chi connectivity index (χ4n) is 3.67. The molecule has 3 aromatic rings. The molecule has 0 fully saturated rings. The molecule has 0 aliphatic rings. The smallest absolute Gasteiger partial charge is 0.326 e. The van der Waals surface area contributed by atoms with Crippen LogP contribution in [0.5, 0.6) is 0 Å². The number of nitrogens with two attached hydrogens (primary N) is 1. The molecular formula is C23H30N6O4. The highest BCUT2D eigenvalue weighted by Gasteiger charge is 2.31. The van der Waals surface area contributed by atoms with Crippen molar-refractivity contribution >= 4 is 28.7 Å². The first-order valence-electron chi connectivity index (χ1n) is 10.9. The molecule has 7 N–H and O–H groups in total. The Morgan fingerprint density at radius 2 is 1.88 bits per heavy atom. The molecule has 0 radical (unpaired) electrons. The van der Waals surface area contributed by atoms with Gasteiger partial charge in [-0.05, 0) is 17.5 Å². The van der Waals surface area contributed by atoms with Crippen LogP contribution < -0.4 is 16.4 Å². The van der Waals surface area contributed by atoms with Crippen LogP contribution >= 0.6 is 0 Å². The summed E-state index contributed by atoms with van der Waals surface area (Å²) in [6, 6.07) is 4.59. The third-order valence-electron chi connectivity index (χ3n) is 5.84. The number of para-hydroxylation sites is 1. The van der Waals surface area contributed by atoms with Gasteiger partial charge in [-0.15, -0.1) is 0 Å². The van der Waals surface area contributed by atoms with Crippen LogP contribution in [-0.2, 0) is 27.2 Å². The molecule has 0 saturated carbocycles. The minimum Gasteiger partial charge on any atom is -0.480 e. The minimum absolute atomic E-state index is 0.103. The molecule has 176 valence electrons. The zero-order chi connectivity index (χ0) is 24.0. The van der Waals surface area contributed by atoms with E-state index in [9.17, 15) is 19.5 Å². The number of carbonyl (C=O) groups is 3. The van der Waals surface area contributed by atoms with E-state index in [4.69, 9.17) is 5.73 Å². The van der Waals surface area contributed by atoms with Crippen LogP contribution in [0, 0.1) is 5.92 Å². The number of amides is 2. The SMILES string of the molecule is CC[C@H](C)[C@H](NC(=O)[C@@H](N)Cc1cnc[nH]1)C(=O)N[C@@H](Cc1c[nH]c2ccccc12)C(=O)O. The van der Waals surface area contributed by atoms with E-state index in [1.165, 1.54) is 6.33 Å². The number of aromatic amines is 2. The molecule has 0 unspecified atom stereocenters. The molecule has 3 rings (SSSR count). The largest absolute Gasteiger partial charge is 0.480 e. The van der Waals surface area contributed by atoms with Gasteiger partial charge in [0, 0.05) is 41.8 Å². The number of nitrogens with zero attached hydrogens (tertiary/aromatic N) is 1. The number of benzene rings is 1. The van der Waals surface area contributed by atoms with Gasteiger partial charge in [0.1, 0.15) is 12.1 Å². The first kappa shape index (κ1) is 24.0. The van der Waals surface area contributed by atoms with Crippen molar-refractivity contribution in [2.24, 2.45) is 11.7 Å². The van der Waals surface area contributed by atoms with Crippen molar-refractivity contribution in [3.8, 4) is 0 Å². The molecule has 10 heteroatoms. The van der Waals surface area contributed by atoms with E-state index in [2.05, 4.69) is 25.6 Å². The fraction of sp³-hybridized carbons (Fsp3) is 0.391. The lowest BCUT2D eigenvalue weighted by atomic mass is 9.96. The van der Waals surface area contributed by atoms with Gasteiger partial charge in [-0.2, -0.15) is 0 Å². The van der Waals surface area contributed by atoms with Crippen LogP contribution in [0.2, 0.25) is 0 Å². The van der Waals surface area contributed by atoms with Crippen LogP contribution in [0.3, 0.4) is 0 Å². The number of hydrogen-bond donors (Lipinski definition) is 6. The Kier molecular flexibility index (Phi) is 7.83. The zero-order valence-electron chi connectivity index (χ0n) is 18.7. The highest BCUT2D eigenvalue weighted by molar-refractivity contribution is 5.92. The second-order valence-corrected chi connectivity index (χ2v) is 8.22. The molecule has 1 aromatic carbocycles. The maximum absolute atomic E-state index is 13.1. The lowest BCUT2D eigenvalue weighted by Gasteiger charge is -2.26. The summed E-state index contributed by atoms with van der Waals surface area (Å²) >= 11 is 0. The third-order valence-corrected chi connectivity index (χ3v) is 5.84. The van der Waals surface area contributed by atoms with Crippen LogP contribution in [-0.4, -0.2) is 56.0 Å². The summed E-state index contributed by atoms with van der Waals surface area (Å²) in [5.41, 5.74) is 8.37. The van der Waals surface area contributed by atoms with Gasteiger partial charge in [0.2, 0.25) is 11.8 Å². The Morgan fingerprint density at radius 3 is 2.55 bits per heavy atom. The molecule has 2 heterocycles. The van der Waals surface area contributed by atoms with Gasteiger partial charge in [-0.25, -0.2) is 9.78 Å². The van der Waals surface area contributed by atoms with E-state index in [-0.39, 0.29) is 18.8 Å². The van der Waals surface area contributed by atoms with Crippen LogP contribution in [0.4, 0.5) is 0 Å². The van der Waals surface area contributed by atoms with Crippen molar-refractivity contribution in [1.82, 2.24) is 25.6 Å². The average molecular weight is 455 g/mol. The number of aliphatic carboxylic acids is 1. The Morgan fingerprint density at radius 1 is 1.12 bits per heavy atom. The first-order chi connectivity index (χ1) is 15.8. The summed E-state index contributed by atoms with van der Waals surface area (Å²) in [7, 11) is 0. The van der Waals surface area contributed by atoms with Gasteiger partial charge in [0.05, 0.1) is 12.4 Å². The summed E-state index contributed by atoms with van der Waals surface area (Å²) in [5, 5.41) is 15.9. The Bertz CT molecular complexity index is 1090. The quantitative estimate of drug-likeness (QED) is 0.254. The standard InChI is InChI=1S/C23H30N6O4/c1-3-13(2)20(29-21(30)17(24)9-15-11-25-12-27-15)22(31)28-19(23(32)33)8-14-10-26-18-7-5-4-6-16(14)18/h4-7,10-13,17,19-20,26H,3,8-9,24H2,1-2H3,(H,25,27)(H,28,31)(H,29,30)(H,32,33)/t13-,17-,19-,20-/m0/s1. The van der Waals surface area contributed by atoms with Crippen molar-refractivity contribution in [1.29, 1.82) is 0 Å². The molecule has 0 spiro atoms. The Hall–Kier alpha value is -3.66. The number of aromatic nitrogens is 3. The monoisotopic (exact) mass is 454 g/mol. The normalized spacial score (nSPS) is 14.9. The number of nitrogens with one attached hydrogen (secondary N) is 4. The van der Waals surface area contributed by atoms with Crippen molar-refractivity contribution in [2.45, 2.75) is 51.2 Å². The number of rotatable bonds is 11. The molecule has 0 saturated heterocycles. The van der Waals surface area contributed by atoms with E-state index in [0.717, 1.165) is 16.5 Å². The Labute approximate surface area is 191 Å². The third kappa shape index (κ3) is 5.98. The van der Waals surface area contributed by atoms with Gasteiger partial charge >= 0.3 is 5.97 Å². The number of carbonyl (C=O) groups excluding carboxylic acids is 2. The number of carboxylic acid groups (broad SMARTS) is 1. The predicted molar refractivity (Wildman–Crippen MR) is 123 cm³/mol. The van der Waals surface area contributed by atoms with Crippen molar-refractivity contribution in [3.05, 3.63) is 54.2 Å². The average Bonchev–Trinajstić information content (AvgIpc) is 3.46. The lowest BCUT2D eigenvalue weighted by Crippen LogP contribution is -2.57. The molecule has 33 heavy (non-hydrogen) atoms. The summed E-state index contributed by atoms with van der Waals surface area (Å²) < 4.78 is 0. The molecule has 0 bridgehead atoms. The molecule has 10 nitrogen and oxygen atoms in total. The predicted octanol–water partition coefficient (Wildman–Crippen LogP) is 1.10. The van der Waals surface area contributed by atoms with Crippen molar-refractivity contribution in [3.63, 3.8) is 0 Å². The van der Waals surface area contributed by atoms with E-state index in [1.807, 2.05) is 38.1 Å². The van der Waals surface area contributed by atoms with Gasteiger partial charge in [-0.3, -0.25) is 9.59 Å². The summed E-state index contributed by atoms with van der Waals surface area (Å²) in [5.74, 6) is -2.43. The second-order valence-electron chi connectivity index (χ2n) is 8.22. The summed E-state index contributed by atoms with van der Waals surface area (Å²) in [6.07, 6.45) is 5.76. The molecular weight excluding hydrogens is 424 g/mol. The maximum atomic E-state index is 13.1. The topological polar surface area (TPSA) is 166 Å². The minimum atomic E-state index is -1.15. The lowest BCUT2D eigenvalue weighted by molar-refractivity contribution is -0.142. The van der Waals surface area contributed by atoms with Crippen LogP contribution in [0.15, 0.2) is 43.0 Å². The molecule has 2 aromatic heterocycles. The van der Waals surface area contributed by atoms with E-state index in [0.29, 0.717) is 12.1 Å². The first-order valence-corrected chi connectivity index (χ1v) is 10.9. The molecule has 4 atom stereocenters. The highest BCUT2D eigenvalue weighted by atomic mass is 16.4. The highest BCUT2D eigenvalue weighted by Crippen LogP contribution is 2.19. The van der Waals surface area contributed by atoms with Crippen LogP contribution in [0.1, 0.15) is 31.5 Å². The van der Waals surface area contributed by atoms with Crippen molar-refractivity contribution in [2.75, 3.05) is 0 Å². The molecule has 0 aliphatic carbocycles. The fourth-order valence-corrected chi connectivity index (χ4v) is 3.67. The van der Waals surface area contributed by atoms with Gasteiger partial charge < -0.3 is 31.4 Å². The number of H-pyrrole nitrogens is 2. The number of hydrogen-bond acceptors (Lipinski definition) is 5.